The monoisotopic (exact) mass is 408 g/mol. The highest BCUT2D eigenvalue weighted by atomic mass is 16.5. The number of nitrogens with two attached hydrogens (primary N) is 2. The van der Waals surface area contributed by atoms with Gasteiger partial charge in [0.25, 0.3) is 0 Å². The van der Waals surface area contributed by atoms with E-state index in [9.17, 15) is 9.59 Å². The molecule has 158 valence electrons. The van der Waals surface area contributed by atoms with Crippen molar-refractivity contribution in [3.63, 3.8) is 0 Å². The summed E-state index contributed by atoms with van der Waals surface area (Å²) in [5.74, 6) is 5.21. The number of fused-ring (bicyclic) bond motifs is 1. The Morgan fingerprint density at radius 2 is 1.90 bits per heavy atom. The third kappa shape index (κ3) is 4.99. The van der Waals surface area contributed by atoms with Gasteiger partial charge in [-0.15, -0.1) is 0 Å². The average Bonchev–Trinajstić information content (AvgIpc) is 3.03. The molecule has 0 fully saturated rings. The second-order valence-electron chi connectivity index (χ2n) is 7.19. The fourth-order valence-corrected chi connectivity index (χ4v) is 3.76. The standard InChI is InChI=1S/C23H28N4O3/c1-2-20-19(14-22(24)28)18-13-17(30-12-6-9-23(29)26-25)10-11-21(18)27(20)15-16-7-4-3-5-8-16/h3-5,7-8,10-11,13H,2,6,9,12,14-15,25H2,1H3,(H2,24,28)(H,26,29). The van der Waals surface area contributed by atoms with Gasteiger partial charge in [0, 0.05) is 29.6 Å². The van der Waals surface area contributed by atoms with E-state index >= 15 is 0 Å². The summed E-state index contributed by atoms with van der Waals surface area (Å²) in [7, 11) is 0. The molecule has 0 aliphatic carbocycles. The molecule has 0 aliphatic heterocycles. The first-order valence-corrected chi connectivity index (χ1v) is 10.1. The first-order valence-electron chi connectivity index (χ1n) is 10.1. The van der Waals surface area contributed by atoms with E-state index in [4.69, 9.17) is 16.3 Å². The van der Waals surface area contributed by atoms with Crippen LogP contribution in [-0.2, 0) is 29.0 Å². The number of nitrogens with zero attached hydrogens (tertiary/aromatic N) is 1. The smallest absolute Gasteiger partial charge is 0.234 e. The van der Waals surface area contributed by atoms with Gasteiger partial charge in [0.15, 0.2) is 0 Å². The SMILES string of the molecule is CCc1c(CC(N)=O)c2cc(OCCCC(=O)NN)ccc2n1Cc1ccccc1. The van der Waals surface area contributed by atoms with Gasteiger partial charge in [-0.05, 0) is 42.2 Å². The van der Waals surface area contributed by atoms with Gasteiger partial charge in [0.05, 0.1) is 13.0 Å². The molecular weight excluding hydrogens is 380 g/mol. The third-order valence-corrected chi connectivity index (χ3v) is 5.11. The number of nitrogens with one attached hydrogen (secondary N) is 1. The van der Waals surface area contributed by atoms with Crippen LogP contribution in [0.15, 0.2) is 48.5 Å². The fraction of sp³-hybridized carbons (Fsp3) is 0.304. The average molecular weight is 409 g/mol. The van der Waals surface area contributed by atoms with E-state index in [0.29, 0.717) is 31.7 Å². The van der Waals surface area contributed by atoms with E-state index in [1.807, 2.05) is 36.4 Å². The predicted octanol–water partition coefficient (Wildman–Crippen LogP) is 2.43. The summed E-state index contributed by atoms with van der Waals surface area (Å²) in [6, 6.07) is 16.1. The molecule has 7 heteroatoms. The van der Waals surface area contributed by atoms with Crippen molar-refractivity contribution in [2.45, 2.75) is 39.2 Å². The minimum absolute atomic E-state index is 0.182. The van der Waals surface area contributed by atoms with Crippen LogP contribution in [0.1, 0.15) is 36.6 Å². The normalized spacial score (nSPS) is 10.9. The van der Waals surface area contributed by atoms with Gasteiger partial charge in [-0.25, -0.2) is 5.84 Å². The number of aromatic nitrogens is 1. The lowest BCUT2D eigenvalue weighted by Gasteiger charge is -2.11. The summed E-state index contributed by atoms with van der Waals surface area (Å²) < 4.78 is 8.07. The summed E-state index contributed by atoms with van der Waals surface area (Å²) in [5.41, 5.74) is 11.9. The maximum absolute atomic E-state index is 11.8. The first-order chi connectivity index (χ1) is 14.5. The Balaban J connectivity index is 1.93. The maximum atomic E-state index is 11.8. The van der Waals surface area contributed by atoms with E-state index < -0.39 is 0 Å². The molecule has 3 aromatic rings. The van der Waals surface area contributed by atoms with Gasteiger partial charge >= 0.3 is 0 Å². The molecule has 0 radical (unpaired) electrons. The summed E-state index contributed by atoms with van der Waals surface area (Å²) in [5, 5.41) is 0.971. The highest BCUT2D eigenvalue weighted by molar-refractivity contribution is 5.91. The molecule has 0 spiro atoms. The highest BCUT2D eigenvalue weighted by Crippen LogP contribution is 2.31. The van der Waals surface area contributed by atoms with Gasteiger partial charge in [-0.3, -0.25) is 15.0 Å². The topological polar surface area (TPSA) is 112 Å². The second-order valence-corrected chi connectivity index (χ2v) is 7.19. The molecule has 0 aliphatic rings. The number of carbonyl (C=O) groups is 2. The quantitative estimate of drug-likeness (QED) is 0.207. The number of ether oxygens (including phenoxy) is 1. The molecule has 0 atom stereocenters. The van der Waals surface area contributed by atoms with Gasteiger partial charge in [0.2, 0.25) is 11.8 Å². The Morgan fingerprint density at radius 1 is 1.13 bits per heavy atom. The fourth-order valence-electron chi connectivity index (χ4n) is 3.76. The minimum atomic E-state index is -0.359. The molecule has 30 heavy (non-hydrogen) atoms. The number of primary amides is 1. The second kappa shape index (κ2) is 9.93. The van der Waals surface area contributed by atoms with E-state index in [-0.39, 0.29) is 18.2 Å². The molecule has 5 N–H and O–H groups in total. The Kier molecular flexibility index (Phi) is 7.08. The number of hydrogen-bond donors (Lipinski definition) is 3. The number of amides is 2. The predicted molar refractivity (Wildman–Crippen MR) is 117 cm³/mol. The van der Waals surface area contributed by atoms with Crippen LogP contribution in [0.3, 0.4) is 0 Å². The molecule has 0 bridgehead atoms. The Labute approximate surface area is 176 Å². The van der Waals surface area contributed by atoms with Crippen molar-refractivity contribution in [1.29, 1.82) is 0 Å². The zero-order chi connectivity index (χ0) is 21.5. The Bertz CT molecular complexity index is 1030. The van der Waals surface area contributed by atoms with Gasteiger partial charge in [-0.2, -0.15) is 0 Å². The van der Waals surface area contributed by atoms with Gasteiger partial charge in [-0.1, -0.05) is 37.3 Å². The van der Waals surface area contributed by atoms with Crippen LogP contribution in [-0.4, -0.2) is 23.0 Å². The minimum Gasteiger partial charge on any atom is -0.494 e. The zero-order valence-electron chi connectivity index (χ0n) is 17.2. The zero-order valence-corrected chi connectivity index (χ0v) is 17.2. The van der Waals surface area contributed by atoms with Crippen LogP contribution in [0.25, 0.3) is 10.9 Å². The molecular formula is C23H28N4O3. The van der Waals surface area contributed by atoms with E-state index in [2.05, 4.69) is 29.0 Å². The van der Waals surface area contributed by atoms with Crippen molar-refractivity contribution in [2.75, 3.05) is 6.61 Å². The van der Waals surface area contributed by atoms with Crippen molar-refractivity contribution in [1.82, 2.24) is 9.99 Å². The summed E-state index contributed by atoms with van der Waals surface area (Å²) in [4.78, 5) is 23.0. The number of hydrazine groups is 1. The summed E-state index contributed by atoms with van der Waals surface area (Å²) >= 11 is 0. The number of hydrogen-bond acceptors (Lipinski definition) is 4. The largest absolute Gasteiger partial charge is 0.494 e. The van der Waals surface area contributed by atoms with Crippen molar-refractivity contribution in [2.24, 2.45) is 11.6 Å². The van der Waals surface area contributed by atoms with Crippen molar-refractivity contribution < 1.29 is 14.3 Å². The lowest BCUT2D eigenvalue weighted by atomic mass is 10.1. The number of carbonyl (C=O) groups excluding carboxylic acids is 2. The van der Waals surface area contributed by atoms with Crippen LogP contribution in [0.2, 0.25) is 0 Å². The van der Waals surface area contributed by atoms with Crippen molar-refractivity contribution in [3.8, 4) is 5.75 Å². The van der Waals surface area contributed by atoms with Crippen LogP contribution < -0.4 is 21.7 Å². The van der Waals surface area contributed by atoms with Crippen molar-refractivity contribution in [3.05, 3.63) is 65.4 Å². The van der Waals surface area contributed by atoms with Crippen LogP contribution in [0.4, 0.5) is 0 Å². The van der Waals surface area contributed by atoms with E-state index in [1.165, 1.54) is 5.56 Å². The summed E-state index contributed by atoms with van der Waals surface area (Å²) in [6.45, 7) is 3.20. The van der Waals surface area contributed by atoms with Gasteiger partial charge < -0.3 is 15.0 Å². The maximum Gasteiger partial charge on any atom is 0.234 e. The number of benzene rings is 2. The van der Waals surface area contributed by atoms with E-state index in [0.717, 1.165) is 28.6 Å². The molecule has 2 aromatic carbocycles. The molecule has 3 rings (SSSR count). The highest BCUT2D eigenvalue weighted by Gasteiger charge is 2.18. The molecule has 7 nitrogen and oxygen atoms in total. The van der Waals surface area contributed by atoms with Crippen LogP contribution >= 0.6 is 0 Å². The first kappa shape index (κ1) is 21.4. The molecule has 0 unspecified atom stereocenters. The van der Waals surface area contributed by atoms with Crippen LogP contribution in [0.5, 0.6) is 5.75 Å². The summed E-state index contributed by atoms with van der Waals surface area (Å²) in [6.07, 6.45) is 1.83. The van der Waals surface area contributed by atoms with Crippen LogP contribution in [0, 0.1) is 0 Å². The van der Waals surface area contributed by atoms with Crippen molar-refractivity contribution >= 4 is 22.7 Å². The van der Waals surface area contributed by atoms with Gasteiger partial charge in [0.1, 0.15) is 5.75 Å². The number of rotatable bonds is 10. The molecule has 2 amide bonds. The Morgan fingerprint density at radius 3 is 2.57 bits per heavy atom. The Hall–Kier alpha value is -3.32. The molecule has 1 aromatic heterocycles. The third-order valence-electron chi connectivity index (χ3n) is 5.11. The molecule has 0 saturated heterocycles. The van der Waals surface area contributed by atoms with E-state index in [1.54, 1.807) is 0 Å². The molecule has 0 saturated carbocycles. The lowest BCUT2D eigenvalue weighted by molar-refractivity contribution is -0.121. The molecule has 1 heterocycles. The lowest BCUT2D eigenvalue weighted by Crippen LogP contribution is -2.29.